The maximum atomic E-state index is 12.5. The lowest BCUT2D eigenvalue weighted by atomic mass is 10.1. The van der Waals surface area contributed by atoms with Gasteiger partial charge in [0.2, 0.25) is 5.84 Å². The normalized spacial score (nSPS) is 11.4. The Kier molecular flexibility index (Phi) is 7.11. The summed E-state index contributed by atoms with van der Waals surface area (Å²) in [5, 5.41) is 12.8. The Bertz CT molecular complexity index is 1070. The zero-order chi connectivity index (χ0) is 22.2. The van der Waals surface area contributed by atoms with Crippen molar-refractivity contribution in [3.05, 3.63) is 89.5 Å². The Hall–Kier alpha value is -4.00. The van der Waals surface area contributed by atoms with Crippen LogP contribution in [0.5, 0.6) is 5.75 Å². The van der Waals surface area contributed by atoms with E-state index in [0.29, 0.717) is 17.1 Å². The number of benzene rings is 3. The number of hydrogen-bond donors (Lipinski definition) is 1. The molecular formula is C24H25N5O2. The highest BCUT2D eigenvalue weighted by atomic mass is 16.5. The van der Waals surface area contributed by atoms with Crippen LogP contribution in [0, 0.1) is 6.92 Å². The lowest BCUT2D eigenvalue weighted by Crippen LogP contribution is -2.19. The van der Waals surface area contributed by atoms with E-state index in [1.54, 1.807) is 43.5 Å². The molecule has 158 valence electrons. The molecule has 0 bridgehead atoms. The molecule has 0 atom stereocenters. The molecule has 0 aliphatic rings. The number of methoxy groups -OCH3 is 1. The van der Waals surface area contributed by atoms with E-state index in [-0.39, 0.29) is 5.91 Å². The molecule has 0 aliphatic carbocycles. The van der Waals surface area contributed by atoms with Gasteiger partial charge < -0.3 is 9.64 Å². The van der Waals surface area contributed by atoms with Gasteiger partial charge in [0.25, 0.3) is 5.91 Å². The summed E-state index contributed by atoms with van der Waals surface area (Å²) in [6.45, 7) is 1.97. The van der Waals surface area contributed by atoms with E-state index in [9.17, 15) is 4.79 Å². The first-order valence-electron chi connectivity index (χ1n) is 9.74. The van der Waals surface area contributed by atoms with Crippen molar-refractivity contribution in [2.45, 2.75) is 6.92 Å². The van der Waals surface area contributed by atoms with Crippen LogP contribution < -0.4 is 15.1 Å². The van der Waals surface area contributed by atoms with E-state index in [0.717, 1.165) is 22.6 Å². The minimum absolute atomic E-state index is 0.293. The molecule has 0 saturated carbocycles. The van der Waals surface area contributed by atoms with Crippen molar-refractivity contribution in [2.75, 3.05) is 26.1 Å². The highest BCUT2D eigenvalue weighted by Gasteiger charge is 2.08. The Morgan fingerprint density at radius 3 is 2.06 bits per heavy atom. The largest absolute Gasteiger partial charge is 0.497 e. The number of amidine groups is 1. The van der Waals surface area contributed by atoms with Crippen LogP contribution in [-0.4, -0.2) is 32.9 Å². The van der Waals surface area contributed by atoms with E-state index < -0.39 is 0 Å². The summed E-state index contributed by atoms with van der Waals surface area (Å²) < 4.78 is 5.16. The van der Waals surface area contributed by atoms with Gasteiger partial charge in [-0.25, -0.2) is 5.43 Å². The van der Waals surface area contributed by atoms with Crippen molar-refractivity contribution in [3.63, 3.8) is 0 Å². The Labute approximate surface area is 182 Å². The molecule has 3 aromatic carbocycles. The average Bonchev–Trinajstić information content (AvgIpc) is 2.80. The third-order valence-corrected chi connectivity index (χ3v) is 4.55. The molecule has 0 fully saturated rings. The molecule has 1 amide bonds. The van der Waals surface area contributed by atoms with E-state index in [1.165, 1.54) is 0 Å². The third kappa shape index (κ3) is 5.99. The number of amides is 1. The van der Waals surface area contributed by atoms with Crippen molar-refractivity contribution in [2.24, 2.45) is 15.3 Å². The quantitative estimate of drug-likeness (QED) is 0.268. The predicted octanol–water partition coefficient (Wildman–Crippen LogP) is 4.95. The second-order valence-electron chi connectivity index (χ2n) is 7.08. The molecule has 3 rings (SSSR count). The number of aryl methyl sites for hydroxylation is 1. The smallest absolute Gasteiger partial charge is 0.271 e. The number of carbonyl (C=O) groups excluding carboxylic acids is 1. The summed E-state index contributed by atoms with van der Waals surface area (Å²) in [5.41, 5.74) is 6.58. The second-order valence-corrected chi connectivity index (χ2v) is 7.08. The lowest BCUT2D eigenvalue weighted by molar-refractivity contribution is 0.0955. The van der Waals surface area contributed by atoms with Gasteiger partial charge in [-0.15, -0.1) is 15.3 Å². The summed E-state index contributed by atoms with van der Waals surface area (Å²) in [6, 6.07) is 22.1. The first kappa shape index (κ1) is 21.7. The summed E-state index contributed by atoms with van der Waals surface area (Å²) in [5.74, 6) is 0.709. The van der Waals surface area contributed by atoms with Crippen LogP contribution in [0.3, 0.4) is 0 Å². The molecule has 3 aromatic rings. The van der Waals surface area contributed by atoms with Crippen molar-refractivity contribution in [3.8, 4) is 5.75 Å². The van der Waals surface area contributed by atoms with Crippen LogP contribution >= 0.6 is 0 Å². The van der Waals surface area contributed by atoms with Crippen LogP contribution in [0.15, 0.2) is 88.1 Å². The molecule has 0 aromatic heterocycles. The third-order valence-electron chi connectivity index (χ3n) is 4.55. The number of hydrogen-bond acceptors (Lipinski definition) is 5. The van der Waals surface area contributed by atoms with Gasteiger partial charge >= 0.3 is 0 Å². The number of azo groups is 1. The predicted molar refractivity (Wildman–Crippen MR) is 123 cm³/mol. The first-order valence-corrected chi connectivity index (χ1v) is 9.74. The molecule has 0 heterocycles. The maximum Gasteiger partial charge on any atom is 0.271 e. The molecule has 0 spiro atoms. The minimum atomic E-state index is -0.318. The number of nitrogens with zero attached hydrogens (tertiary/aromatic N) is 4. The Morgan fingerprint density at radius 2 is 1.48 bits per heavy atom. The van der Waals surface area contributed by atoms with Crippen LogP contribution in [-0.2, 0) is 0 Å². The van der Waals surface area contributed by atoms with Gasteiger partial charge in [-0.05, 0) is 67.6 Å². The van der Waals surface area contributed by atoms with Gasteiger partial charge in [0.05, 0.1) is 12.8 Å². The standard InChI is InChI=1S/C24H25N5O2/c1-17-5-7-19(8-6-17)24(30)28-27-23(18-9-13-21(14-10-18)29(2)3)26-25-20-11-15-22(31-4)16-12-20/h5-16H,1-4H3,(H,28,30)/b26-25?,27-23+. The molecule has 7 nitrogen and oxygen atoms in total. The molecule has 7 heteroatoms. The van der Waals surface area contributed by atoms with Crippen LogP contribution in [0.1, 0.15) is 21.5 Å². The summed E-state index contributed by atoms with van der Waals surface area (Å²) in [7, 11) is 5.54. The van der Waals surface area contributed by atoms with Gasteiger partial charge in [-0.3, -0.25) is 4.79 Å². The van der Waals surface area contributed by atoms with Crippen molar-refractivity contribution in [1.82, 2.24) is 5.43 Å². The number of hydrazone groups is 1. The summed E-state index contributed by atoms with van der Waals surface area (Å²) in [4.78, 5) is 14.5. The lowest BCUT2D eigenvalue weighted by Gasteiger charge is -2.12. The fourth-order valence-electron chi connectivity index (χ4n) is 2.68. The highest BCUT2D eigenvalue weighted by molar-refractivity contribution is 6.01. The molecular weight excluding hydrogens is 390 g/mol. The number of rotatable bonds is 6. The van der Waals surface area contributed by atoms with Gasteiger partial charge in [0.15, 0.2) is 0 Å². The molecule has 1 N–H and O–H groups in total. The van der Waals surface area contributed by atoms with Crippen molar-refractivity contribution < 1.29 is 9.53 Å². The maximum absolute atomic E-state index is 12.5. The Morgan fingerprint density at radius 1 is 0.871 bits per heavy atom. The second kappa shape index (κ2) is 10.2. The average molecular weight is 415 g/mol. The number of ether oxygens (including phenoxy) is 1. The zero-order valence-corrected chi connectivity index (χ0v) is 18.0. The Balaban J connectivity index is 1.86. The number of carbonyl (C=O) groups is 1. The van der Waals surface area contributed by atoms with Crippen molar-refractivity contribution in [1.29, 1.82) is 0 Å². The van der Waals surface area contributed by atoms with E-state index in [4.69, 9.17) is 4.74 Å². The van der Waals surface area contributed by atoms with E-state index in [2.05, 4.69) is 20.8 Å². The number of nitrogens with one attached hydrogen (secondary N) is 1. The van der Waals surface area contributed by atoms with Crippen LogP contribution in [0.25, 0.3) is 0 Å². The first-order chi connectivity index (χ1) is 15.0. The fraction of sp³-hybridized carbons (Fsp3) is 0.167. The summed E-state index contributed by atoms with van der Waals surface area (Å²) in [6.07, 6.45) is 0. The molecule has 0 saturated heterocycles. The van der Waals surface area contributed by atoms with Gasteiger partial charge in [-0.1, -0.05) is 17.7 Å². The zero-order valence-electron chi connectivity index (χ0n) is 18.0. The summed E-state index contributed by atoms with van der Waals surface area (Å²) >= 11 is 0. The van der Waals surface area contributed by atoms with Gasteiger partial charge in [-0.2, -0.15) is 0 Å². The monoisotopic (exact) mass is 415 g/mol. The van der Waals surface area contributed by atoms with Gasteiger partial charge in [0.1, 0.15) is 5.75 Å². The number of anilines is 1. The minimum Gasteiger partial charge on any atom is -0.497 e. The molecule has 0 radical (unpaired) electrons. The van der Waals surface area contributed by atoms with E-state index >= 15 is 0 Å². The van der Waals surface area contributed by atoms with Crippen molar-refractivity contribution >= 4 is 23.1 Å². The topological polar surface area (TPSA) is 78.6 Å². The van der Waals surface area contributed by atoms with Crippen LogP contribution in [0.2, 0.25) is 0 Å². The van der Waals surface area contributed by atoms with Gasteiger partial charge in [0, 0.05) is 30.9 Å². The molecule has 0 unspecified atom stereocenters. The fourth-order valence-corrected chi connectivity index (χ4v) is 2.68. The molecule has 31 heavy (non-hydrogen) atoms. The highest BCUT2D eigenvalue weighted by Crippen LogP contribution is 2.19. The molecule has 0 aliphatic heterocycles. The van der Waals surface area contributed by atoms with E-state index in [1.807, 2.05) is 62.3 Å². The SMILES string of the molecule is COc1ccc(N=N/C(=N/NC(=O)c2ccc(C)cc2)c2ccc(N(C)C)cc2)cc1. The van der Waals surface area contributed by atoms with Crippen LogP contribution in [0.4, 0.5) is 11.4 Å².